The zero-order chi connectivity index (χ0) is 31.0. The van der Waals surface area contributed by atoms with Crippen LogP contribution in [0.25, 0.3) is 10.9 Å². The molecule has 0 unspecified atom stereocenters. The van der Waals surface area contributed by atoms with Crippen LogP contribution in [-0.2, 0) is 17.8 Å². The zero-order valence-electron chi connectivity index (χ0n) is 25.8. The third-order valence-electron chi connectivity index (χ3n) is 9.45. The number of fused-ring (bicyclic) bond motifs is 2. The lowest BCUT2D eigenvalue weighted by atomic mass is 9.92. The van der Waals surface area contributed by atoms with E-state index < -0.39 is 17.3 Å². The molecule has 2 saturated heterocycles. The molecule has 3 aliphatic heterocycles. The number of aromatic amines is 1. The predicted molar refractivity (Wildman–Crippen MR) is 166 cm³/mol. The second-order valence-corrected chi connectivity index (χ2v) is 12.5. The summed E-state index contributed by atoms with van der Waals surface area (Å²) in [5.41, 5.74) is 4.32. The van der Waals surface area contributed by atoms with Crippen LogP contribution < -0.4 is 14.5 Å². The predicted octanol–water partition coefficient (Wildman–Crippen LogP) is 3.89. The van der Waals surface area contributed by atoms with Gasteiger partial charge in [-0.25, -0.2) is 4.39 Å². The number of likely N-dealkylation sites (N-methyl/N-ethyl adjacent to an activating group) is 1. The van der Waals surface area contributed by atoms with E-state index in [1.54, 1.807) is 0 Å². The van der Waals surface area contributed by atoms with E-state index in [4.69, 9.17) is 14.7 Å². The van der Waals surface area contributed by atoms with Crippen LogP contribution >= 0.6 is 0 Å². The summed E-state index contributed by atoms with van der Waals surface area (Å²) in [5, 5.41) is 18.1. The first kappa shape index (κ1) is 29.8. The number of amides is 1. The fourth-order valence-corrected chi connectivity index (χ4v) is 7.06. The molecule has 0 saturated carbocycles. The summed E-state index contributed by atoms with van der Waals surface area (Å²) in [6.07, 6.45) is 5.79. The zero-order valence-corrected chi connectivity index (χ0v) is 25.8. The van der Waals surface area contributed by atoms with Crippen molar-refractivity contribution in [2.75, 3.05) is 56.2 Å². The smallest absolute Gasteiger partial charge is 0.318 e. The van der Waals surface area contributed by atoms with Crippen molar-refractivity contribution in [1.29, 1.82) is 5.26 Å². The van der Waals surface area contributed by atoms with Crippen LogP contribution in [0.1, 0.15) is 49.4 Å². The number of nitriles is 1. The number of hydrogen-bond acceptors (Lipinski definition) is 9. The molecular weight excluding hydrogens is 561 g/mol. The summed E-state index contributed by atoms with van der Waals surface area (Å²) < 4.78 is 20.3. The van der Waals surface area contributed by atoms with Gasteiger partial charge in [-0.05, 0) is 64.8 Å². The largest absolute Gasteiger partial charge is 0.462 e. The number of H-pyrrole nitrogens is 1. The number of anilines is 2. The average molecular weight is 602 g/mol. The highest BCUT2D eigenvalue weighted by Crippen LogP contribution is 2.37. The number of aryl methyl sites for hydroxylation is 1. The van der Waals surface area contributed by atoms with Crippen molar-refractivity contribution in [1.82, 2.24) is 30.0 Å². The second kappa shape index (κ2) is 12.0. The van der Waals surface area contributed by atoms with Crippen LogP contribution in [0.2, 0.25) is 0 Å². The number of carbonyl (C=O) groups is 1. The molecule has 0 spiro atoms. The van der Waals surface area contributed by atoms with Gasteiger partial charge in [0.15, 0.2) is 5.83 Å². The van der Waals surface area contributed by atoms with E-state index in [1.807, 2.05) is 13.1 Å². The molecule has 2 fully saturated rings. The molecule has 3 aromatic rings. The summed E-state index contributed by atoms with van der Waals surface area (Å²) in [5.74, 6) is -1.03. The molecular formula is C32H40FN9O2. The second-order valence-electron chi connectivity index (χ2n) is 12.5. The Labute approximate surface area is 257 Å². The number of likely N-dealkylation sites (tertiary alicyclic amines) is 1. The molecule has 2 aromatic heterocycles. The minimum absolute atomic E-state index is 0.0505. The minimum atomic E-state index is -1.02. The number of aromatic nitrogens is 4. The first-order valence-corrected chi connectivity index (χ1v) is 15.4. The number of piperazine rings is 1. The van der Waals surface area contributed by atoms with Crippen LogP contribution in [-0.4, -0.2) is 93.8 Å². The number of halogens is 1. The number of benzene rings is 1. The van der Waals surface area contributed by atoms with Crippen LogP contribution in [0.5, 0.6) is 6.01 Å². The van der Waals surface area contributed by atoms with E-state index in [9.17, 15) is 14.4 Å². The van der Waals surface area contributed by atoms with Crippen LogP contribution in [0.3, 0.4) is 0 Å². The maximum Gasteiger partial charge on any atom is 0.318 e. The molecule has 0 aliphatic carbocycles. The van der Waals surface area contributed by atoms with Gasteiger partial charge in [0.1, 0.15) is 12.4 Å². The number of rotatable bonds is 7. The summed E-state index contributed by atoms with van der Waals surface area (Å²) in [6.45, 7) is 11.1. The summed E-state index contributed by atoms with van der Waals surface area (Å²) in [6, 6.07) is 7.01. The van der Waals surface area contributed by atoms with Crippen LogP contribution in [0.15, 0.2) is 30.7 Å². The van der Waals surface area contributed by atoms with Gasteiger partial charge in [0, 0.05) is 43.2 Å². The van der Waals surface area contributed by atoms with E-state index in [-0.39, 0.29) is 13.0 Å². The molecule has 232 valence electrons. The lowest BCUT2D eigenvalue weighted by molar-refractivity contribution is -0.135. The Bertz CT molecular complexity index is 1620. The number of carbonyl (C=O) groups excluding carboxylic acids is 1. The first-order valence-electron chi connectivity index (χ1n) is 15.4. The SMILES string of the molecule is C=C(F)C(=O)N1CCN(c2nc(OC[C@@H]3CCCN3C)nc3c2CCCN(c2c(C)ccc4[nH]ncc24)C3)C[C@@]1(C)CC#N. The average Bonchev–Trinajstić information content (AvgIpc) is 3.58. The van der Waals surface area contributed by atoms with Crippen LogP contribution in [0, 0.1) is 18.3 Å². The molecule has 1 amide bonds. The van der Waals surface area contributed by atoms with Crippen molar-refractivity contribution in [2.45, 2.75) is 64.1 Å². The van der Waals surface area contributed by atoms with E-state index in [1.165, 1.54) is 10.5 Å². The van der Waals surface area contributed by atoms with Gasteiger partial charge >= 0.3 is 6.01 Å². The third-order valence-corrected chi connectivity index (χ3v) is 9.45. The molecule has 6 rings (SSSR count). The van der Waals surface area contributed by atoms with Crippen molar-refractivity contribution in [3.05, 3.63) is 47.6 Å². The van der Waals surface area contributed by atoms with Crippen molar-refractivity contribution in [3.63, 3.8) is 0 Å². The van der Waals surface area contributed by atoms with Crippen molar-refractivity contribution < 1.29 is 13.9 Å². The Hall–Kier alpha value is -4.24. The first-order chi connectivity index (χ1) is 21.2. The highest BCUT2D eigenvalue weighted by Gasteiger charge is 2.42. The normalized spacial score (nSPS) is 22.5. The number of hydrogen-bond donors (Lipinski definition) is 1. The van der Waals surface area contributed by atoms with Gasteiger partial charge in [0.05, 0.1) is 47.7 Å². The minimum Gasteiger partial charge on any atom is -0.462 e. The van der Waals surface area contributed by atoms with Crippen LogP contribution in [0.4, 0.5) is 15.9 Å². The molecule has 11 nitrogen and oxygen atoms in total. The van der Waals surface area contributed by atoms with Gasteiger partial charge in [0.2, 0.25) is 0 Å². The molecule has 12 heteroatoms. The Morgan fingerprint density at radius 3 is 2.82 bits per heavy atom. The Kier molecular flexibility index (Phi) is 8.16. The summed E-state index contributed by atoms with van der Waals surface area (Å²) in [4.78, 5) is 31.0. The Balaban J connectivity index is 1.38. The number of nitrogens with one attached hydrogen (secondary N) is 1. The highest BCUT2D eigenvalue weighted by atomic mass is 19.1. The lowest BCUT2D eigenvalue weighted by Gasteiger charge is -2.48. The standard InChI is InChI=1S/C32H40FN9O2/c1-21-9-10-26-25(17-35-38-26)28(21)40-14-6-8-24-27(18-40)36-31(44-19-23-7-5-13-39(23)4)37-29(24)41-15-16-42(30(43)22(2)33)32(3,20-41)11-12-34/h9-10,17,23H,2,5-8,11,13-16,18-20H2,1,3-4H3,(H,35,38)/t23-,32+/m0/s1. The molecule has 3 aliphatic rings. The third kappa shape index (κ3) is 5.56. The van der Waals surface area contributed by atoms with Gasteiger partial charge in [-0.2, -0.15) is 20.3 Å². The summed E-state index contributed by atoms with van der Waals surface area (Å²) in [7, 11) is 2.11. The van der Waals surface area contributed by atoms with Crippen molar-refractivity contribution in [2.24, 2.45) is 0 Å². The highest BCUT2D eigenvalue weighted by molar-refractivity contribution is 5.93. The monoisotopic (exact) mass is 601 g/mol. The van der Waals surface area contributed by atoms with Gasteiger partial charge in [0.25, 0.3) is 5.91 Å². The van der Waals surface area contributed by atoms with Crippen molar-refractivity contribution >= 4 is 28.3 Å². The van der Waals surface area contributed by atoms with E-state index in [0.29, 0.717) is 38.3 Å². The molecule has 44 heavy (non-hydrogen) atoms. The fourth-order valence-electron chi connectivity index (χ4n) is 7.06. The summed E-state index contributed by atoms with van der Waals surface area (Å²) >= 11 is 0. The van der Waals surface area contributed by atoms with Crippen molar-refractivity contribution in [3.8, 4) is 12.1 Å². The molecule has 1 aromatic carbocycles. The molecule has 1 N–H and O–H groups in total. The molecule has 5 heterocycles. The Morgan fingerprint density at radius 1 is 1.23 bits per heavy atom. The molecule has 0 radical (unpaired) electrons. The van der Waals surface area contributed by atoms with Gasteiger partial charge in [-0.3, -0.25) is 9.89 Å². The quantitative estimate of drug-likeness (QED) is 0.403. The maximum atomic E-state index is 14.0. The topological polar surface area (TPSA) is 118 Å². The van der Waals surface area contributed by atoms with E-state index in [2.05, 4.69) is 63.6 Å². The maximum absolute atomic E-state index is 14.0. The molecule has 2 atom stereocenters. The fraction of sp³-hybridized carbons (Fsp3) is 0.531. The van der Waals surface area contributed by atoms with Gasteiger partial charge in [-0.1, -0.05) is 12.6 Å². The lowest BCUT2D eigenvalue weighted by Crippen LogP contribution is -2.63. The number of ether oxygens (including phenoxy) is 1. The Morgan fingerprint density at radius 2 is 2.07 bits per heavy atom. The van der Waals surface area contributed by atoms with E-state index in [0.717, 1.165) is 72.4 Å². The van der Waals surface area contributed by atoms with Gasteiger partial charge in [-0.15, -0.1) is 0 Å². The number of nitrogens with zero attached hydrogens (tertiary/aromatic N) is 8. The van der Waals surface area contributed by atoms with E-state index >= 15 is 0 Å². The van der Waals surface area contributed by atoms with Gasteiger partial charge < -0.3 is 24.3 Å². The molecule has 0 bridgehead atoms.